The number of hydrogen-bond acceptors (Lipinski definition) is 7. The van der Waals surface area contributed by atoms with E-state index in [0.717, 1.165) is 4.47 Å². The quantitative estimate of drug-likeness (QED) is 0.309. The topological polar surface area (TPSA) is 123 Å². The predicted octanol–water partition coefficient (Wildman–Crippen LogP) is 2.67. The van der Waals surface area contributed by atoms with Crippen LogP contribution in [0.25, 0.3) is 0 Å². The average Bonchev–Trinajstić information content (AvgIpc) is 2.77. The molecule has 0 radical (unpaired) electrons. The zero-order valence-corrected chi connectivity index (χ0v) is 20.7. The van der Waals surface area contributed by atoms with Gasteiger partial charge in [0, 0.05) is 38.8 Å². The Morgan fingerprint density at radius 2 is 1.97 bits per heavy atom. The molecule has 2 rings (SSSR count). The summed E-state index contributed by atoms with van der Waals surface area (Å²) >= 11 is 0. The molecule has 2 amide bonds. The van der Waals surface area contributed by atoms with Crippen molar-refractivity contribution in [1.82, 2.24) is 14.3 Å². The molecule has 0 aromatic heterocycles. The first-order valence-corrected chi connectivity index (χ1v) is 11.6. The SMILES string of the molecule is C=CCON(C1CN(C(=O)OC(C)(C)C)CC=C1C(=O)N(C)C)S(=O)c1ccccc1[N+](=O)[O-]. The molecule has 1 aromatic carbocycles. The lowest BCUT2D eigenvalue weighted by molar-refractivity contribution is -0.387. The van der Waals surface area contributed by atoms with E-state index in [2.05, 4.69) is 6.58 Å². The fourth-order valence-corrected chi connectivity index (χ4v) is 4.38. The zero-order chi connectivity index (χ0) is 25.6. The van der Waals surface area contributed by atoms with Crippen LogP contribution in [0.5, 0.6) is 0 Å². The Morgan fingerprint density at radius 3 is 2.53 bits per heavy atom. The van der Waals surface area contributed by atoms with E-state index in [1.807, 2.05) is 0 Å². The Hall–Kier alpha value is -3.09. The van der Waals surface area contributed by atoms with Gasteiger partial charge >= 0.3 is 6.09 Å². The molecule has 34 heavy (non-hydrogen) atoms. The smallest absolute Gasteiger partial charge is 0.410 e. The Kier molecular flexibility index (Phi) is 9.07. The van der Waals surface area contributed by atoms with Gasteiger partial charge in [-0.25, -0.2) is 9.00 Å². The van der Waals surface area contributed by atoms with E-state index in [-0.39, 0.29) is 41.8 Å². The number of nitro benzene ring substituents is 1. The second kappa shape index (κ2) is 11.4. The van der Waals surface area contributed by atoms with Gasteiger partial charge in [-0.2, -0.15) is 0 Å². The molecular weight excluding hydrogens is 464 g/mol. The number of hydrogen-bond donors (Lipinski definition) is 0. The van der Waals surface area contributed by atoms with Gasteiger partial charge in [0.25, 0.3) is 11.6 Å². The Bertz CT molecular complexity index is 1000. The van der Waals surface area contributed by atoms with Crippen molar-refractivity contribution in [2.45, 2.75) is 37.3 Å². The van der Waals surface area contributed by atoms with Gasteiger partial charge in [-0.05, 0) is 26.8 Å². The number of hydroxylamine groups is 1. The third kappa shape index (κ3) is 6.72. The average molecular weight is 495 g/mol. The van der Waals surface area contributed by atoms with Gasteiger partial charge in [-0.3, -0.25) is 19.7 Å². The number of carbonyl (C=O) groups excluding carboxylic acids is 2. The highest BCUT2D eigenvalue weighted by atomic mass is 32.2. The van der Waals surface area contributed by atoms with Crippen LogP contribution in [0.4, 0.5) is 10.5 Å². The van der Waals surface area contributed by atoms with E-state index >= 15 is 0 Å². The molecule has 0 aliphatic carbocycles. The molecule has 0 saturated carbocycles. The lowest BCUT2D eigenvalue weighted by Gasteiger charge is -2.38. The van der Waals surface area contributed by atoms with Crippen LogP contribution in [-0.2, 0) is 25.4 Å². The summed E-state index contributed by atoms with van der Waals surface area (Å²) < 4.78 is 20.1. The number of ether oxygens (including phenoxy) is 1. The molecule has 1 aliphatic rings. The van der Waals surface area contributed by atoms with E-state index in [4.69, 9.17) is 9.57 Å². The van der Waals surface area contributed by atoms with Crippen LogP contribution in [0.2, 0.25) is 0 Å². The highest BCUT2D eigenvalue weighted by Gasteiger charge is 2.40. The van der Waals surface area contributed by atoms with Crippen molar-refractivity contribution in [2.75, 3.05) is 33.8 Å². The largest absolute Gasteiger partial charge is 0.444 e. The van der Waals surface area contributed by atoms with Gasteiger partial charge in [0.15, 0.2) is 11.0 Å². The highest BCUT2D eigenvalue weighted by Crippen LogP contribution is 2.29. The summed E-state index contributed by atoms with van der Waals surface area (Å²) in [6, 6.07) is 4.55. The van der Waals surface area contributed by atoms with Gasteiger partial charge in [0.05, 0.1) is 17.6 Å². The van der Waals surface area contributed by atoms with E-state index in [1.165, 1.54) is 40.1 Å². The lowest BCUT2D eigenvalue weighted by atomic mass is 10.0. The number of likely N-dealkylation sites (N-methyl/N-ethyl adjacent to an activating group) is 1. The number of para-hydroxylation sites is 1. The summed E-state index contributed by atoms with van der Waals surface area (Å²) in [5.74, 6) is -0.374. The van der Waals surface area contributed by atoms with Crippen molar-refractivity contribution in [2.24, 2.45) is 0 Å². The number of nitro groups is 1. The third-order valence-corrected chi connectivity index (χ3v) is 5.98. The van der Waals surface area contributed by atoms with Gasteiger partial charge in [0.1, 0.15) is 10.5 Å². The third-order valence-electron chi connectivity index (χ3n) is 4.58. The molecule has 0 bridgehead atoms. The van der Waals surface area contributed by atoms with Crippen LogP contribution in [0.3, 0.4) is 0 Å². The van der Waals surface area contributed by atoms with Gasteiger partial charge < -0.3 is 14.5 Å². The Balaban J connectivity index is 2.54. The Morgan fingerprint density at radius 1 is 1.32 bits per heavy atom. The maximum atomic E-state index is 13.6. The molecule has 1 heterocycles. The first-order valence-electron chi connectivity index (χ1n) is 10.4. The first-order chi connectivity index (χ1) is 15.9. The molecular formula is C22H30N4O7S. The van der Waals surface area contributed by atoms with E-state index in [0.29, 0.717) is 0 Å². The number of benzene rings is 1. The van der Waals surface area contributed by atoms with Gasteiger partial charge in [-0.1, -0.05) is 28.8 Å². The van der Waals surface area contributed by atoms with Crippen LogP contribution >= 0.6 is 0 Å². The number of rotatable bonds is 8. The van der Waals surface area contributed by atoms with Crippen molar-refractivity contribution in [1.29, 1.82) is 0 Å². The van der Waals surface area contributed by atoms with E-state index < -0.39 is 33.6 Å². The van der Waals surface area contributed by atoms with Crippen LogP contribution in [0.1, 0.15) is 20.8 Å². The molecule has 11 nitrogen and oxygen atoms in total. The maximum Gasteiger partial charge on any atom is 0.410 e. The normalized spacial score (nSPS) is 17.1. The summed E-state index contributed by atoms with van der Waals surface area (Å²) in [6.45, 7) is 8.69. The molecule has 2 atom stereocenters. The van der Waals surface area contributed by atoms with Crippen molar-refractivity contribution in [3.63, 3.8) is 0 Å². The fraction of sp³-hybridized carbons (Fsp3) is 0.455. The fourth-order valence-electron chi connectivity index (χ4n) is 3.10. The molecule has 1 aromatic rings. The Labute approximate surface area is 201 Å². The van der Waals surface area contributed by atoms with Gasteiger partial charge in [-0.15, -0.1) is 6.58 Å². The summed E-state index contributed by atoms with van der Waals surface area (Å²) in [4.78, 5) is 44.8. The van der Waals surface area contributed by atoms with Crippen LogP contribution in [0.15, 0.2) is 53.5 Å². The molecule has 0 spiro atoms. The number of carbonyl (C=O) groups is 2. The van der Waals surface area contributed by atoms with Crippen LogP contribution in [0, 0.1) is 10.1 Å². The minimum atomic E-state index is -2.22. The molecule has 2 unspecified atom stereocenters. The van der Waals surface area contributed by atoms with Crippen molar-refractivity contribution < 1.29 is 28.3 Å². The van der Waals surface area contributed by atoms with E-state index in [1.54, 1.807) is 40.9 Å². The molecule has 186 valence electrons. The van der Waals surface area contributed by atoms with Crippen molar-refractivity contribution >= 4 is 28.7 Å². The van der Waals surface area contributed by atoms with Crippen LogP contribution in [-0.4, -0.2) is 80.8 Å². The highest BCUT2D eigenvalue weighted by molar-refractivity contribution is 7.82. The molecule has 0 saturated heterocycles. The minimum absolute atomic E-state index is 0.0846. The minimum Gasteiger partial charge on any atom is -0.444 e. The maximum absolute atomic E-state index is 13.6. The van der Waals surface area contributed by atoms with Crippen molar-refractivity contribution in [3.8, 4) is 0 Å². The summed E-state index contributed by atoms with van der Waals surface area (Å²) in [5.41, 5.74) is -0.874. The van der Waals surface area contributed by atoms with E-state index in [9.17, 15) is 23.9 Å². The van der Waals surface area contributed by atoms with Gasteiger partial charge in [0.2, 0.25) is 0 Å². The second-order valence-electron chi connectivity index (χ2n) is 8.60. The second-order valence-corrected chi connectivity index (χ2v) is 9.90. The number of amides is 2. The standard InChI is InChI=1S/C22H30N4O7S/c1-7-14-32-26(34(31)19-11-9-8-10-17(19)25(29)30)18-15-24(21(28)33-22(2,3)4)13-12-16(18)20(27)23(5)6/h7-12,18H,1,13-15H2,2-6H3. The summed E-state index contributed by atoms with van der Waals surface area (Å²) in [6.07, 6.45) is 2.33. The predicted molar refractivity (Wildman–Crippen MR) is 126 cm³/mol. The molecule has 1 aliphatic heterocycles. The molecule has 0 fully saturated rings. The molecule has 12 heteroatoms. The van der Waals surface area contributed by atoms with Crippen LogP contribution < -0.4 is 0 Å². The number of nitrogens with zero attached hydrogens (tertiary/aromatic N) is 4. The van der Waals surface area contributed by atoms with Crippen molar-refractivity contribution in [3.05, 3.63) is 58.7 Å². The monoisotopic (exact) mass is 494 g/mol. The summed E-state index contributed by atoms with van der Waals surface area (Å²) in [7, 11) is 0.909. The first kappa shape index (κ1) is 27.2. The lowest BCUT2D eigenvalue weighted by Crippen LogP contribution is -2.53. The zero-order valence-electron chi connectivity index (χ0n) is 19.9. The summed E-state index contributed by atoms with van der Waals surface area (Å²) in [5, 5.41) is 11.5. The molecule has 0 N–H and O–H groups in total.